The minimum absolute atomic E-state index is 0.0617. The second-order valence-electron chi connectivity index (χ2n) is 17.8. The molecule has 6 nitrogen and oxygen atoms in total. The van der Waals surface area contributed by atoms with Crippen molar-refractivity contribution in [1.29, 1.82) is 0 Å². The molecule has 0 fully saturated rings. The number of unbranched alkanes of at least 4 members (excludes halogenated alkanes) is 37. The Morgan fingerprint density at radius 3 is 0.690 bits per heavy atom. The molecule has 0 aromatic rings. The van der Waals surface area contributed by atoms with Gasteiger partial charge in [0.1, 0.15) is 13.2 Å². The highest BCUT2D eigenvalue weighted by Crippen LogP contribution is 2.17. The van der Waals surface area contributed by atoms with E-state index in [9.17, 15) is 14.4 Å². The van der Waals surface area contributed by atoms with Crippen molar-refractivity contribution in [2.24, 2.45) is 0 Å². The Morgan fingerprint density at radius 2 is 0.466 bits per heavy atom. The first-order chi connectivity index (χ1) is 28.5. The fraction of sp³-hybridized carbons (Fsp3) is 0.942. The molecule has 1 atom stereocenters. The lowest BCUT2D eigenvalue weighted by molar-refractivity contribution is -0.167. The third-order valence-electron chi connectivity index (χ3n) is 11.9. The summed E-state index contributed by atoms with van der Waals surface area (Å²) in [7, 11) is 0. The van der Waals surface area contributed by atoms with Gasteiger partial charge in [0, 0.05) is 19.3 Å². The summed E-state index contributed by atoms with van der Waals surface area (Å²) in [6, 6.07) is 0. The third kappa shape index (κ3) is 45.5. The van der Waals surface area contributed by atoms with Gasteiger partial charge in [-0.1, -0.05) is 258 Å². The van der Waals surface area contributed by atoms with Gasteiger partial charge in [-0.05, 0) is 19.3 Å². The Bertz CT molecular complexity index is 859. The van der Waals surface area contributed by atoms with Crippen LogP contribution in [0.25, 0.3) is 0 Å². The van der Waals surface area contributed by atoms with Gasteiger partial charge in [0.2, 0.25) is 0 Å². The first kappa shape index (κ1) is 56.4. The summed E-state index contributed by atoms with van der Waals surface area (Å²) in [6.45, 7) is 6.68. The third-order valence-corrected chi connectivity index (χ3v) is 11.9. The molecular formula is C52H100O6. The van der Waals surface area contributed by atoms with Crippen LogP contribution in [-0.4, -0.2) is 37.2 Å². The van der Waals surface area contributed by atoms with Crippen LogP contribution in [0.3, 0.4) is 0 Å². The molecule has 0 N–H and O–H groups in total. The van der Waals surface area contributed by atoms with Crippen LogP contribution in [0.5, 0.6) is 0 Å². The van der Waals surface area contributed by atoms with Gasteiger partial charge >= 0.3 is 17.9 Å². The van der Waals surface area contributed by atoms with Crippen molar-refractivity contribution in [2.45, 2.75) is 303 Å². The maximum absolute atomic E-state index is 12.8. The molecule has 58 heavy (non-hydrogen) atoms. The van der Waals surface area contributed by atoms with Gasteiger partial charge in [0.15, 0.2) is 6.10 Å². The predicted molar refractivity (Wildman–Crippen MR) is 247 cm³/mol. The average molecular weight is 821 g/mol. The number of carbonyl (C=O) groups excluding carboxylic acids is 3. The fourth-order valence-electron chi connectivity index (χ4n) is 7.92. The largest absolute Gasteiger partial charge is 0.462 e. The SMILES string of the molecule is CCCCCCCCCCCCCCCCCC(=O)OCC(COC(=O)CCCCCCCCCCCCCC)OC(=O)CCCCCCCCCCCCCCC. The Hall–Kier alpha value is -1.59. The molecule has 0 spiro atoms. The van der Waals surface area contributed by atoms with E-state index in [0.717, 1.165) is 57.8 Å². The standard InChI is InChI=1S/C52H100O6/c1-4-7-10-13-16-19-22-25-26-28-30-33-36-39-42-45-51(54)57-48-49(47-56-50(53)44-41-38-35-32-29-24-21-18-15-12-9-6-3)58-52(55)46-43-40-37-34-31-27-23-20-17-14-11-8-5-2/h49H,4-48H2,1-3H3. The Balaban J connectivity index is 4.30. The van der Waals surface area contributed by atoms with Gasteiger partial charge in [-0.15, -0.1) is 0 Å². The number of ether oxygens (including phenoxy) is 3. The zero-order chi connectivity index (χ0) is 42.3. The van der Waals surface area contributed by atoms with Crippen molar-refractivity contribution in [2.75, 3.05) is 13.2 Å². The molecular weight excluding hydrogens is 721 g/mol. The van der Waals surface area contributed by atoms with Crippen molar-refractivity contribution in [1.82, 2.24) is 0 Å². The van der Waals surface area contributed by atoms with E-state index in [1.165, 1.54) is 199 Å². The smallest absolute Gasteiger partial charge is 0.306 e. The summed E-state index contributed by atoms with van der Waals surface area (Å²) >= 11 is 0. The molecule has 0 aliphatic rings. The second-order valence-corrected chi connectivity index (χ2v) is 17.8. The quantitative estimate of drug-likeness (QED) is 0.0346. The van der Waals surface area contributed by atoms with Gasteiger partial charge in [-0.3, -0.25) is 14.4 Å². The van der Waals surface area contributed by atoms with E-state index in [1.807, 2.05) is 0 Å². The number of carbonyl (C=O) groups is 3. The lowest BCUT2D eigenvalue weighted by atomic mass is 10.0. The normalized spacial score (nSPS) is 11.8. The first-order valence-electron chi connectivity index (χ1n) is 26.0. The topological polar surface area (TPSA) is 78.9 Å². The zero-order valence-electron chi connectivity index (χ0n) is 39.3. The highest BCUT2D eigenvalue weighted by molar-refractivity contribution is 5.71. The number of rotatable bonds is 48. The van der Waals surface area contributed by atoms with Gasteiger partial charge < -0.3 is 14.2 Å². The van der Waals surface area contributed by atoms with Crippen molar-refractivity contribution in [3.05, 3.63) is 0 Å². The van der Waals surface area contributed by atoms with Crippen LogP contribution in [0.15, 0.2) is 0 Å². The Morgan fingerprint density at radius 1 is 0.276 bits per heavy atom. The summed E-state index contributed by atoms with van der Waals surface area (Å²) in [4.78, 5) is 37.9. The fourth-order valence-corrected chi connectivity index (χ4v) is 7.92. The van der Waals surface area contributed by atoms with Crippen LogP contribution in [0, 0.1) is 0 Å². The minimum atomic E-state index is -0.759. The molecule has 0 aliphatic heterocycles. The Labute approximate surface area is 361 Å². The van der Waals surface area contributed by atoms with Gasteiger partial charge in [-0.2, -0.15) is 0 Å². The molecule has 0 bridgehead atoms. The summed E-state index contributed by atoms with van der Waals surface area (Å²) in [5.74, 6) is -0.840. The van der Waals surface area contributed by atoms with Crippen molar-refractivity contribution in [3.8, 4) is 0 Å². The summed E-state index contributed by atoms with van der Waals surface area (Å²) < 4.78 is 16.8. The van der Waals surface area contributed by atoms with Gasteiger partial charge in [-0.25, -0.2) is 0 Å². The van der Waals surface area contributed by atoms with Crippen molar-refractivity contribution in [3.63, 3.8) is 0 Å². The monoisotopic (exact) mass is 821 g/mol. The first-order valence-corrected chi connectivity index (χ1v) is 26.0. The molecule has 0 radical (unpaired) electrons. The minimum Gasteiger partial charge on any atom is -0.462 e. The van der Waals surface area contributed by atoms with Crippen LogP contribution in [0.2, 0.25) is 0 Å². The van der Waals surface area contributed by atoms with E-state index in [0.29, 0.717) is 19.3 Å². The summed E-state index contributed by atoms with van der Waals surface area (Å²) in [5.41, 5.74) is 0. The van der Waals surface area contributed by atoms with E-state index in [4.69, 9.17) is 14.2 Å². The van der Waals surface area contributed by atoms with Crippen LogP contribution in [0.4, 0.5) is 0 Å². The van der Waals surface area contributed by atoms with E-state index in [2.05, 4.69) is 20.8 Å². The predicted octanol–water partition coefficient (Wildman–Crippen LogP) is 16.8. The van der Waals surface area contributed by atoms with Crippen LogP contribution in [0.1, 0.15) is 297 Å². The van der Waals surface area contributed by atoms with E-state index in [-0.39, 0.29) is 31.1 Å². The van der Waals surface area contributed by atoms with Gasteiger partial charge in [0.25, 0.3) is 0 Å². The van der Waals surface area contributed by atoms with Crippen molar-refractivity contribution < 1.29 is 28.6 Å². The second kappa shape index (κ2) is 48.1. The van der Waals surface area contributed by atoms with Gasteiger partial charge in [0.05, 0.1) is 0 Å². The molecule has 0 heterocycles. The highest BCUT2D eigenvalue weighted by atomic mass is 16.6. The lowest BCUT2D eigenvalue weighted by Gasteiger charge is -2.18. The molecule has 0 saturated carbocycles. The summed E-state index contributed by atoms with van der Waals surface area (Å²) in [6.07, 6.45) is 50.8. The van der Waals surface area contributed by atoms with E-state index in [1.54, 1.807) is 0 Å². The Kier molecular flexibility index (Phi) is 46.8. The maximum Gasteiger partial charge on any atom is 0.306 e. The molecule has 0 amide bonds. The van der Waals surface area contributed by atoms with Crippen LogP contribution >= 0.6 is 0 Å². The van der Waals surface area contributed by atoms with E-state index < -0.39 is 6.10 Å². The molecule has 6 heteroatoms. The average Bonchev–Trinajstić information content (AvgIpc) is 3.22. The number of hydrogen-bond acceptors (Lipinski definition) is 6. The summed E-state index contributed by atoms with van der Waals surface area (Å²) in [5, 5.41) is 0. The molecule has 0 rings (SSSR count). The van der Waals surface area contributed by atoms with Crippen LogP contribution < -0.4 is 0 Å². The lowest BCUT2D eigenvalue weighted by Crippen LogP contribution is -2.30. The molecule has 344 valence electrons. The van der Waals surface area contributed by atoms with Crippen LogP contribution in [-0.2, 0) is 28.6 Å². The zero-order valence-corrected chi connectivity index (χ0v) is 39.3. The number of hydrogen-bond donors (Lipinski definition) is 0. The number of esters is 3. The molecule has 1 unspecified atom stereocenters. The molecule has 0 aromatic carbocycles. The highest BCUT2D eigenvalue weighted by Gasteiger charge is 2.19. The molecule has 0 saturated heterocycles. The van der Waals surface area contributed by atoms with E-state index >= 15 is 0 Å². The maximum atomic E-state index is 12.8. The molecule has 0 aromatic heterocycles. The molecule has 0 aliphatic carbocycles. The van der Waals surface area contributed by atoms with Crippen molar-refractivity contribution >= 4 is 17.9 Å².